The van der Waals surface area contributed by atoms with Gasteiger partial charge in [0, 0.05) is 21.8 Å². The van der Waals surface area contributed by atoms with E-state index in [2.05, 4.69) is 0 Å². The Morgan fingerprint density at radius 1 is 1.00 bits per heavy atom. The Morgan fingerprint density at radius 3 is 2.17 bits per heavy atom. The lowest BCUT2D eigenvalue weighted by atomic mass is 10.2. The first-order valence-corrected chi connectivity index (χ1v) is 12.9. The number of benzene rings is 2. The number of anilines is 1. The first-order valence-electron chi connectivity index (χ1n) is 8.93. The van der Waals surface area contributed by atoms with Crippen LogP contribution >= 0.6 is 23.2 Å². The Balaban J connectivity index is 2.46. The topological polar surface area (TPSA) is 71.5 Å². The molecule has 0 aliphatic heterocycles. The molecule has 10 heteroatoms. The van der Waals surface area contributed by atoms with E-state index in [4.69, 9.17) is 23.2 Å². The van der Waals surface area contributed by atoms with E-state index in [1.54, 1.807) is 13.8 Å². The first-order chi connectivity index (χ1) is 13.5. The van der Waals surface area contributed by atoms with Crippen molar-refractivity contribution >= 4 is 48.7 Å². The number of halogens is 3. The Labute approximate surface area is 181 Å². The van der Waals surface area contributed by atoms with Gasteiger partial charge >= 0.3 is 0 Å². The third kappa shape index (κ3) is 6.07. The maximum atomic E-state index is 14.6. The molecular formula is C19H22Cl2FNO4S2. The van der Waals surface area contributed by atoms with Crippen LogP contribution in [0.3, 0.4) is 0 Å². The summed E-state index contributed by atoms with van der Waals surface area (Å²) in [4.78, 5) is -0.0608. The molecule has 0 saturated carbocycles. The summed E-state index contributed by atoms with van der Waals surface area (Å²) in [6.45, 7) is 3.16. The molecule has 0 fully saturated rings. The fraction of sp³-hybridized carbons (Fsp3) is 0.368. The summed E-state index contributed by atoms with van der Waals surface area (Å²) in [5.74, 6) is -0.808. The van der Waals surface area contributed by atoms with Gasteiger partial charge in [0.05, 0.1) is 16.3 Å². The highest BCUT2D eigenvalue weighted by atomic mass is 35.5. The van der Waals surface area contributed by atoms with Gasteiger partial charge in [-0.3, -0.25) is 4.31 Å². The summed E-state index contributed by atoms with van der Waals surface area (Å²) in [6.07, 6.45) is 0.462. The van der Waals surface area contributed by atoms with Crippen LogP contribution in [0.2, 0.25) is 10.0 Å². The Bertz CT molecular complexity index is 1060. The molecule has 0 bridgehead atoms. The second-order valence-corrected chi connectivity index (χ2v) is 11.7. The standard InChI is InChI=1S/C19H22Cl2FNO4S2/c1-3-28(24,25)12-4-5-14(2)23(19-13-16(21)8-11-18(19)22)29(26,27)17-9-6-15(20)7-10-17/h6-11,13-14H,3-5,12H2,1-2H3. The lowest BCUT2D eigenvalue weighted by Gasteiger charge is -2.31. The van der Waals surface area contributed by atoms with E-state index in [0.717, 1.165) is 10.4 Å². The van der Waals surface area contributed by atoms with Crippen LogP contribution in [0.25, 0.3) is 0 Å². The predicted molar refractivity (Wildman–Crippen MR) is 116 cm³/mol. The number of rotatable bonds is 9. The first kappa shape index (κ1) is 23.9. The molecule has 0 aliphatic rings. The molecule has 0 spiro atoms. The zero-order chi connectivity index (χ0) is 21.8. The van der Waals surface area contributed by atoms with Gasteiger partial charge in [0.15, 0.2) is 0 Å². The number of hydrogen-bond acceptors (Lipinski definition) is 4. The quantitative estimate of drug-likeness (QED) is 0.508. The van der Waals surface area contributed by atoms with Crippen molar-refractivity contribution in [3.8, 4) is 0 Å². The van der Waals surface area contributed by atoms with Crippen molar-refractivity contribution in [1.82, 2.24) is 0 Å². The fourth-order valence-corrected chi connectivity index (χ4v) is 5.71. The molecule has 2 aromatic rings. The van der Waals surface area contributed by atoms with Crippen LogP contribution in [0.15, 0.2) is 47.4 Å². The van der Waals surface area contributed by atoms with E-state index in [-0.39, 0.29) is 40.0 Å². The molecule has 29 heavy (non-hydrogen) atoms. The third-order valence-corrected chi connectivity index (χ3v) is 8.65. The van der Waals surface area contributed by atoms with Crippen molar-refractivity contribution in [2.45, 2.75) is 37.6 Å². The molecule has 2 rings (SSSR count). The largest absolute Gasteiger partial charge is 0.264 e. The third-order valence-electron chi connectivity index (χ3n) is 4.43. The van der Waals surface area contributed by atoms with Crippen LogP contribution in [0.1, 0.15) is 26.7 Å². The normalized spacial score (nSPS) is 13.3. The molecule has 0 N–H and O–H groups in total. The monoisotopic (exact) mass is 481 g/mol. The van der Waals surface area contributed by atoms with Crippen LogP contribution < -0.4 is 4.31 Å². The Hall–Kier alpha value is -1.35. The predicted octanol–water partition coefficient (Wildman–Crippen LogP) is 4.93. The van der Waals surface area contributed by atoms with Gasteiger partial charge in [-0.25, -0.2) is 21.2 Å². The number of hydrogen-bond donors (Lipinski definition) is 0. The second-order valence-electron chi connectivity index (χ2n) is 6.58. The maximum absolute atomic E-state index is 14.6. The molecular weight excluding hydrogens is 460 g/mol. The van der Waals surface area contributed by atoms with Gasteiger partial charge in [0.25, 0.3) is 10.0 Å². The zero-order valence-corrected chi connectivity index (χ0v) is 19.1. The van der Waals surface area contributed by atoms with Crippen molar-refractivity contribution in [2.75, 3.05) is 15.8 Å². The summed E-state index contributed by atoms with van der Waals surface area (Å²) in [5, 5.41) is 0.542. The van der Waals surface area contributed by atoms with Gasteiger partial charge in [-0.1, -0.05) is 30.1 Å². The van der Waals surface area contributed by atoms with E-state index in [1.165, 1.54) is 36.4 Å². The van der Waals surface area contributed by atoms with E-state index in [0.29, 0.717) is 5.02 Å². The molecule has 160 valence electrons. The molecule has 0 heterocycles. The maximum Gasteiger partial charge on any atom is 0.264 e. The Kier molecular flexibility index (Phi) is 7.95. The molecule has 1 unspecified atom stereocenters. The van der Waals surface area contributed by atoms with Gasteiger partial charge in [0.2, 0.25) is 0 Å². The summed E-state index contributed by atoms with van der Waals surface area (Å²) in [5.41, 5.74) is -0.196. The molecule has 5 nitrogen and oxygen atoms in total. The van der Waals surface area contributed by atoms with E-state index in [9.17, 15) is 21.2 Å². The highest BCUT2D eigenvalue weighted by molar-refractivity contribution is 7.93. The minimum absolute atomic E-state index is 0.0110. The van der Waals surface area contributed by atoms with Crippen molar-refractivity contribution in [3.63, 3.8) is 0 Å². The number of sulfone groups is 1. The van der Waals surface area contributed by atoms with Crippen molar-refractivity contribution in [3.05, 3.63) is 58.3 Å². The van der Waals surface area contributed by atoms with Crippen LogP contribution in [-0.2, 0) is 19.9 Å². The highest BCUT2D eigenvalue weighted by Gasteiger charge is 2.31. The second kappa shape index (κ2) is 9.64. The molecule has 0 aromatic heterocycles. The average molecular weight is 482 g/mol. The van der Waals surface area contributed by atoms with Crippen LogP contribution in [-0.4, -0.2) is 34.4 Å². The fourth-order valence-electron chi connectivity index (χ4n) is 2.84. The zero-order valence-electron chi connectivity index (χ0n) is 16.0. The highest BCUT2D eigenvalue weighted by Crippen LogP contribution is 2.32. The van der Waals surface area contributed by atoms with Gasteiger partial charge in [-0.2, -0.15) is 0 Å². The molecule has 0 amide bonds. The minimum Gasteiger partial charge on any atom is -0.261 e. The van der Waals surface area contributed by atoms with E-state index >= 15 is 0 Å². The van der Waals surface area contributed by atoms with E-state index in [1.807, 2.05) is 0 Å². The summed E-state index contributed by atoms with van der Waals surface area (Å²) in [7, 11) is -7.34. The van der Waals surface area contributed by atoms with Crippen LogP contribution in [0.4, 0.5) is 10.1 Å². The summed E-state index contributed by atoms with van der Waals surface area (Å²) in [6, 6.07) is 8.48. The Morgan fingerprint density at radius 2 is 1.59 bits per heavy atom. The van der Waals surface area contributed by atoms with E-state index < -0.39 is 31.7 Å². The van der Waals surface area contributed by atoms with Crippen LogP contribution in [0, 0.1) is 5.82 Å². The average Bonchev–Trinajstić information content (AvgIpc) is 2.65. The summed E-state index contributed by atoms with van der Waals surface area (Å²) < 4.78 is 65.7. The van der Waals surface area contributed by atoms with Gasteiger partial charge in [-0.05, 0) is 62.2 Å². The molecule has 0 radical (unpaired) electrons. The molecule has 0 aliphatic carbocycles. The molecule has 2 aromatic carbocycles. The lowest BCUT2D eigenvalue weighted by molar-refractivity contribution is 0.557. The van der Waals surface area contributed by atoms with Crippen molar-refractivity contribution in [1.29, 1.82) is 0 Å². The lowest BCUT2D eigenvalue weighted by Crippen LogP contribution is -2.39. The van der Waals surface area contributed by atoms with Crippen LogP contribution in [0.5, 0.6) is 0 Å². The number of nitrogens with zero attached hydrogens (tertiary/aromatic N) is 1. The van der Waals surface area contributed by atoms with Crippen molar-refractivity contribution in [2.24, 2.45) is 0 Å². The van der Waals surface area contributed by atoms with Gasteiger partial charge < -0.3 is 0 Å². The SMILES string of the molecule is CCS(=O)(=O)CCCC(C)N(c1cc(Cl)ccc1F)S(=O)(=O)c1ccc(Cl)cc1. The molecule has 1 atom stereocenters. The summed E-state index contributed by atoms with van der Waals surface area (Å²) >= 11 is 11.8. The van der Waals surface area contributed by atoms with Gasteiger partial charge in [-0.15, -0.1) is 0 Å². The minimum atomic E-state index is -4.15. The van der Waals surface area contributed by atoms with Gasteiger partial charge in [0.1, 0.15) is 15.7 Å². The molecule has 0 saturated heterocycles. The van der Waals surface area contributed by atoms with Crippen molar-refractivity contribution < 1.29 is 21.2 Å². The smallest absolute Gasteiger partial charge is 0.261 e. The number of sulfonamides is 1.